The van der Waals surface area contributed by atoms with Crippen LogP contribution in [0, 0.1) is 0 Å². The molecular weight excluding hydrogens is 298 g/mol. The van der Waals surface area contributed by atoms with Gasteiger partial charge in [0, 0.05) is 24.6 Å². The normalized spacial score (nSPS) is 9.96. The van der Waals surface area contributed by atoms with E-state index in [9.17, 15) is 14.4 Å². The summed E-state index contributed by atoms with van der Waals surface area (Å²) in [4.78, 5) is 34.4. The van der Waals surface area contributed by atoms with Gasteiger partial charge in [-0.05, 0) is 43.3 Å². The van der Waals surface area contributed by atoms with Crippen molar-refractivity contribution in [3.05, 3.63) is 54.4 Å². The molecule has 0 unspecified atom stereocenters. The highest BCUT2D eigenvalue weighted by Gasteiger charge is 2.12. The lowest BCUT2D eigenvalue weighted by molar-refractivity contribution is -0.123. The number of carbonyl (C=O) groups is 3. The molecule has 0 spiro atoms. The van der Waals surface area contributed by atoms with Crippen LogP contribution in [0.25, 0.3) is 5.69 Å². The minimum atomic E-state index is -0.687. The number of ether oxygens (including phenoxy) is 1. The van der Waals surface area contributed by atoms with Crippen LogP contribution in [0.5, 0.6) is 0 Å². The zero-order valence-corrected chi connectivity index (χ0v) is 12.6. The number of amides is 3. The molecule has 1 aromatic heterocycles. The maximum atomic E-state index is 11.8. The summed E-state index contributed by atoms with van der Waals surface area (Å²) in [7, 11) is 0. The number of urea groups is 1. The monoisotopic (exact) mass is 315 g/mol. The van der Waals surface area contributed by atoms with Crippen molar-refractivity contribution >= 4 is 17.9 Å². The van der Waals surface area contributed by atoms with Crippen molar-refractivity contribution in [2.45, 2.75) is 6.92 Å². The number of hydrogen-bond donors (Lipinski definition) is 2. The number of nitrogens with zero attached hydrogens (tertiary/aromatic N) is 1. The lowest BCUT2D eigenvalue weighted by Crippen LogP contribution is -2.41. The number of hydrogen-bond acceptors (Lipinski definition) is 4. The Labute approximate surface area is 133 Å². The van der Waals surface area contributed by atoms with E-state index in [1.54, 1.807) is 31.2 Å². The maximum Gasteiger partial charge on any atom is 0.338 e. The van der Waals surface area contributed by atoms with Crippen LogP contribution in [0.4, 0.5) is 4.79 Å². The second-order valence-electron chi connectivity index (χ2n) is 4.62. The molecule has 0 atom stereocenters. The van der Waals surface area contributed by atoms with Crippen molar-refractivity contribution in [3.8, 4) is 5.69 Å². The number of rotatable bonds is 5. The predicted octanol–water partition coefficient (Wildman–Crippen LogP) is 1.48. The number of benzene rings is 1. The molecule has 3 amide bonds. The molecular formula is C16H17N3O4. The van der Waals surface area contributed by atoms with Crippen molar-refractivity contribution in [1.29, 1.82) is 0 Å². The Morgan fingerprint density at radius 1 is 1.09 bits per heavy atom. The molecule has 120 valence electrons. The summed E-state index contributed by atoms with van der Waals surface area (Å²) in [6.07, 6.45) is 3.78. The van der Waals surface area contributed by atoms with Gasteiger partial charge in [0.1, 0.15) is 0 Å². The van der Waals surface area contributed by atoms with E-state index in [-0.39, 0.29) is 0 Å². The highest BCUT2D eigenvalue weighted by Crippen LogP contribution is 2.10. The van der Waals surface area contributed by atoms with Crippen molar-refractivity contribution < 1.29 is 19.1 Å². The van der Waals surface area contributed by atoms with Gasteiger partial charge in [0.2, 0.25) is 0 Å². The fourth-order valence-corrected chi connectivity index (χ4v) is 1.86. The van der Waals surface area contributed by atoms with Gasteiger partial charge >= 0.3 is 12.0 Å². The second kappa shape index (κ2) is 7.79. The summed E-state index contributed by atoms with van der Waals surface area (Å²) in [5.74, 6) is -1.32. The zero-order chi connectivity index (χ0) is 16.7. The molecule has 1 heterocycles. The number of imide groups is 1. The van der Waals surface area contributed by atoms with Gasteiger partial charge in [-0.25, -0.2) is 9.59 Å². The van der Waals surface area contributed by atoms with Crippen molar-refractivity contribution in [1.82, 2.24) is 15.2 Å². The average Bonchev–Trinajstić information content (AvgIpc) is 3.07. The van der Waals surface area contributed by atoms with E-state index in [0.717, 1.165) is 5.69 Å². The summed E-state index contributed by atoms with van der Waals surface area (Å²) >= 11 is 0. The van der Waals surface area contributed by atoms with Gasteiger partial charge in [-0.2, -0.15) is 0 Å². The van der Waals surface area contributed by atoms with Crippen LogP contribution in [0.3, 0.4) is 0 Å². The van der Waals surface area contributed by atoms with Gasteiger partial charge in [0.25, 0.3) is 5.91 Å². The molecule has 0 aliphatic carbocycles. The van der Waals surface area contributed by atoms with E-state index >= 15 is 0 Å². The fourth-order valence-electron chi connectivity index (χ4n) is 1.86. The minimum absolute atomic E-state index is 0.326. The minimum Gasteiger partial charge on any atom is -0.452 e. The lowest BCUT2D eigenvalue weighted by Gasteiger charge is -2.07. The Morgan fingerprint density at radius 3 is 2.35 bits per heavy atom. The third-order valence-corrected chi connectivity index (χ3v) is 2.93. The van der Waals surface area contributed by atoms with Gasteiger partial charge in [-0.15, -0.1) is 0 Å². The summed E-state index contributed by atoms with van der Waals surface area (Å²) < 4.78 is 6.76. The van der Waals surface area contributed by atoms with Crippen LogP contribution in [0.1, 0.15) is 17.3 Å². The van der Waals surface area contributed by atoms with Crippen LogP contribution in [-0.2, 0) is 9.53 Å². The summed E-state index contributed by atoms with van der Waals surface area (Å²) in [5, 5.41) is 4.45. The molecule has 0 saturated heterocycles. The molecule has 23 heavy (non-hydrogen) atoms. The second-order valence-corrected chi connectivity index (χ2v) is 4.62. The third kappa shape index (κ3) is 4.70. The van der Waals surface area contributed by atoms with Crippen LogP contribution in [-0.4, -0.2) is 35.6 Å². The standard InChI is InChI=1S/C16H17N3O4/c1-2-17-16(22)18-14(20)11-23-15(21)12-5-7-13(8-6-12)19-9-3-4-10-19/h3-10H,2,11H2,1H3,(H2,17,18,20,22). The molecule has 7 nitrogen and oxygen atoms in total. The van der Waals surface area contributed by atoms with Crippen LogP contribution in [0.2, 0.25) is 0 Å². The van der Waals surface area contributed by atoms with Gasteiger partial charge in [0.15, 0.2) is 6.61 Å². The van der Waals surface area contributed by atoms with E-state index in [2.05, 4.69) is 5.32 Å². The average molecular weight is 315 g/mol. The summed E-state index contributed by atoms with van der Waals surface area (Å²) in [6.45, 7) is 1.60. The highest BCUT2D eigenvalue weighted by molar-refractivity contribution is 5.97. The molecule has 0 saturated carbocycles. The Bertz CT molecular complexity index is 678. The molecule has 0 fully saturated rings. The third-order valence-electron chi connectivity index (χ3n) is 2.93. The van der Waals surface area contributed by atoms with Crippen LogP contribution < -0.4 is 10.6 Å². The Hall–Kier alpha value is -3.09. The topological polar surface area (TPSA) is 89.4 Å². The quantitative estimate of drug-likeness (QED) is 0.818. The van der Waals surface area contributed by atoms with E-state index in [1.807, 2.05) is 34.4 Å². The van der Waals surface area contributed by atoms with E-state index in [4.69, 9.17) is 4.74 Å². The van der Waals surface area contributed by atoms with E-state index in [1.165, 1.54) is 0 Å². The maximum absolute atomic E-state index is 11.8. The molecule has 1 aromatic carbocycles. The molecule has 0 aliphatic rings. The first-order valence-corrected chi connectivity index (χ1v) is 7.08. The Balaban J connectivity index is 1.86. The highest BCUT2D eigenvalue weighted by atomic mass is 16.5. The van der Waals surface area contributed by atoms with Gasteiger partial charge in [-0.3, -0.25) is 10.1 Å². The number of nitrogens with one attached hydrogen (secondary N) is 2. The predicted molar refractivity (Wildman–Crippen MR) is 83.3 cm³/mol. The molecule has 2 rings (SSSR count). The first-order chi connectivity index (χ1) is 11.1. The van der Waals surface area contributed by atoms with Crippen molar-refractivity contribution in [2.75, 3.05) is 13.2 Å². The first-order valence-electron chi connectivity index (χ1n) is 7.08. The van der Waals surface area contributed by atoms with Crippen molar-refractivity contribution in [2.24, 2.45) is 0 Å². The van der Waals surface area contributed by atoms with Crippen molar-refractivity contribution in [3.63, 3.8) is 0 Å². The number of carbonyl (C=O) groups excluding carboxylic acids is 3. The Morgan fingerprint density at radius 2 is 1.74 bits per heavy atom. The fraction of sp³-hybridized carbons (Fsp3) is 0.188. The lowest BCUT2D eigenvalue weighted by atomic mass is 10.2. The zero-order valence-electron chi connectivity index (χ0n) is 12.6. The van der Waals surface area contributed by atoms with Crippen LogP contribution in [0.15, 0.2) is 48.8 Å². The molecule has 0 aliphatic heterocycles. The Kier molecular flexibility index (Phi) is 5.51. The molecule has 0 bridgehead atoms. The summed E-state index contributed by atoms with van der Waals surface area (Å²) in [6, 6.07) is 9.94. The van der Waals surface area contributed by atoms with Gasteiger partial charge < -0.3 is 14.6 Å². The van der Waals surface area contributed by atoms with E-state index < -0.39 is 24.5 Å². The first kappa shape index (κ1) is 16.3. The molecule has 2 N–H and O–H groups in total. The molecule has 7 heteroatoms. The van der Waals surface area contributed by atoms with E-state index in [0.29, 0.717) is 12.1 Å². The van der Waals surface area contributed by atoms with Gasteiger partial charge in [0.05, 0.1) is 5.56 Å². The van der Waals surface area contributed by atoms with Gasteiger partial charge in [-0.1, -0.05) is 0 Å². The van der Waals surface area contributed by atoms with Crippen LogP contribution >= 0.6 is 0 Å². The molecule has 2 aromatic rings. The smallest absolute Gasteiger partial charge is 0.338 e. The largest absolute Gasteiger partial charge is 0.452 e. The molecule has 0 radical (unpaired) electrons. The number of esters is 1. The summed E-state index contributed by atoms with van der Waals surface area (Å²) in [5.41, 5.74) is 1.23. The SMILES string of the molecule is CCNC(=O)NC(=O)COC(=O)c1ccc(-n2cccc2)cc1. The number of aromatic nitrogens is 1.